The summed E-state index contributed by atoms with van der Waals surface area (Å²) in [5, 5.41) is 6.20. The van der Waals surface area contributed by atoms with Crippen molar-refractivity contribution in [1.29, 1.82) is 0 Å². The SMILES string of the molecule is CC(=O)Nc1ccc(NC(=O)CCSc2ccccc2Cl)cc1. The number of benzene rings is 2. The van der Waals surface area contributed by atoms with Gasteiger partial charge in [0.25, 0.3) is 0 Å². The van der Waals surface area contributed by atoms with E-state index in [1.165, 1.54) is 6.92 Å². The first-order chi connectivity index (χ1) is 11.0. The summed E-state index contributed by atoms with van der Waals surface area (Å²) in [4.78, 5) is 23.8. The fourth-order valence-electron chi connectivity index (χ4n) is 1.88. The molecule has 0 unspecified atom stereocenters. The van der Waals surface area contributed by atoms with E-state index in [0.717, 1.165) is 4.90 Å². The molecule has 0 radical (unpaired) electrons. The zero-order valence-electron chi connectivity index (χ0n) is 12.6. The molecule has 23 heavy (non-hydrogen) atoms. The van der Waals surface area contributed by atoms with Crippen LogP contribution in [-0.4, -0.2) is 17.6 Å². The summed E-state index contributed by atoms with van der Waals surface area (Å²) in [6.07, 6.45) is 0.392. The molecular weight excluding hydrogens is 332 g/mol. The van der Waals surface area contributed by atoms with Crippen molar-refractivity contribution >= 4 is 46.6 Å². The Kier molecular flexibility index (Phi) is 6.50. The average molecular weight is 349 g/mol. The Morgan fingerprint density at radius 3 is 2.22 bits per heavy atom. The van der Waals surface area contributed by atoms with Crippen LogP contribution in [0.4, 0.5) is 11.4 Å². The van der Waals surface area contributed by atoms with E-state index < -0.39 is 0 Å². The third-order valence-electron chi connectivity index (χ3n) is 2.91. The van der Waals surface area contributed by atoms with Gasteiger partial charge in [0.15, 0.2) is 0 Å². The second-order valence-corrected chi connectivity index (χ2v) is 6.38. The van der Waals surface area contributed by atoms with Crippen molar-refractivity contribution in [1.82, 2.24) is 0 Å². The summed E-state index contributed by atoms with van der Waals surface area (Å²) >= 11 is 7.62. The molecular formula is C17H17ClN2O2S. The second-order valence-electron chi connectivity index (χ2n) is 4.84. The molecule has 0 saturated heterocycles. The third-order valence-corrected chi connectivity index (χ3v) is 4.43. The lowest BCUT2D eigenvalue weighted by Gasteiger charge is -2.07. The predicted octanol–water partition coefficient (Wildman–Crippen LogP) is 4.42. The number of nitrogens with one attached hydrogen (secondary N) is 2. The summed E-state index contributed by atoms with van der Waals surface area (Å²) in [5.41, 5.74) is 1.40. The van der Waals surface area contributed by atoms with Gasteiger partial charge in [0, 0.05) is 35.4 Å². The molecule has 0 aliphatic rings. The zero-order chi connectivity index (χ0) is 16.7. The van der Waals surface area contributed by atoms with Gasteiger partial charge in [-0.05, 0) is 36.4 Å². The monoisotopic (exact) mass is 348 g/mol. The Balaban J connectivity index is 1.78. The fourth-order valence-corrected chi connectivity index (χ4v) is 3.07. The Bertz CT molecular complexity index is 689. The molecule has 2 aromatic carbocycles. The average Bonchev–Trinajstić information content (AvgIpc) is 2.51. The van der Waals surface area contributed by atoms with Crippen molar-refractivity contribution in [2.24, 2.45) is 0 Å². The maximum atomic E-state index is 11.9. The first kappa shape index (κ1) is 17.4. The van der Waals surface area contributed by atoms with Crippen molar-refractivity contribution in [2.75, 3.05) is 16.4 Å². The van der Waals surface area contributed by atoms with Crippen LogP contribution in [-0.2, 0) is 9.59 Å². The number of hydrogen-bond acceptors (Lipinski definition) is 3. The zero-order valence-corrected chi connectivity index (χ0v) is 14.2. The molecule has 0 fully saturated rings. The van der Waals surface area contributed by atoms with E-state index in [0.29, 0.717) is 28.6 Å². The number of carbonyl (C=O) groups is 2. The molecule has 0 atom stereocenters. The van der Waals surface area contributed by atoms with E-state index in [1.807, 2.05) is 24.3 Å². The van der Waals surface area contributed by atoms with E-state index in [9.17, 15) is 9.59 Å². The molecule has 0 bridgehead atoms. The molecule has 4 nitrogen and oxygen atoms in total. The maximum Gasteiger partial charge on any atom is 0.225 e. The van der Waals surface area contributed by atoms with Gasteiger partial charge in [-0.15, -0.1) is 11.8 Å². The van der Waals surface area contributed by atoms with Crippen molar-refractivity contribution in [2.45, 2.75) is 18.2 Å². The predicted molar refractivity (Wildman–Crippen MR) is 96.2 cm³/mol. The van der Waals surface area contributed by atoms with Gasteiger partial charge in [-0.25, -0.2) is 0 Å². The quantitative estimate of drug-likeness (QED) is 0.760. The maximum absolute atomic E-state index is 11.9. The van der Waals surface area contributed by atoms with Crippen LogP contribution >= 0.6 is 23.4 Å². The molecule has 0 aliphatic carbocycles. The van der Waals surface area contributed by atoms with Gasteiger partial charge in [0.2, 0.25) is 11.8 Å². The molecule has 2 amide bonds. The topological polar surface area (TPSA) is 58.2 Å². The number of anilines is 2. The van der Waals surface area contributed by atoms with Gasteiger partial charge in [0.05, 0.1) is 5.02 Å². The summed E-state index contributed by atoms with van der Waals surface area (Å²) in [7, 11) is 0. The lowest BCUT2D eigenvalue weighted by atomic mass is 10.2. The second kappa shape index (κ2) is 8.60. The molecule has 0 aromatic heterocycles. The van der Waals surface area contributed by atoms with Crippen molar-refractivity contribution in [3.05, 3.63) is 53.6 Å². The van der Waals surface area contributed by atoms with Crippen LogP contribution in [0.5, 0.6) is 0 Å². The van der Waals surface area contributed by atoms with Crippen molar-refractivity contribution in [3.8, 4) is 0 Å². The number of thioether (sulfide) groups is 1. The van der Waals surface area contributed by atoms with Gasteiger partial charge in [-0.2, -0.15) is 0 Å². The Labute approximate surface area is 144 Å². The lowest BCUT2D eigenvalue weighted by Crippen LogP contribution is -2.12. The van der Waals surface area contributed by atoms with E-state index in [1.54, 1.807) is 36.0 Å². The van der Waals surface area contributed by atoms with Crippen molar-refractivity contribution < 1.29 is 9.59 Å². The fraction of sp³-hybridized carbons (Fsp3) is 0.176. The Morgan fingerprint density at radius 2 is 1.61 bits per heavy atom. The van der Waals surface area contributed by atoms with Gasteiger partial charge < -0.3 is 10.6 Å². The first-order valence-corrected chi connectivity index (χ1v) is 8.46. The van der Waals surface area contributed by atoms with Crippen LogP contribution in [0.15, 0.2) is 53.4 Å². The van der Waals surface area contributed by atoms with Crippen LogP contribution in [0.25, 0.3) is 0 Å². The largest absolute Gasteiger partial charge is 0.326 e. The van der Waals surface area contributed by atoms with Gasteiger partial charge in [-0.3, -0.25) is 9.59 Å². The summed E-state index contributed by atoms with van der Waals surface area (Å²) in [5.74, 6) is 0.467. The number of halogens is 1. The van der Waals surface area contributed by atoms with Gasteiger partial charge in [0.1, 0.15) is 0 Å². The highest BCUT2D eigenvalue weighted by atomic mass is 35.5. The highest BCUT2D eigenvalue weighted by Gasteiger charge is 2.05. The summed E-state index contributed by atoms with van der Waals surface area (Å²) in [6, 6.07) is 14.6. The van der Waals surface area contributed by atoms with E-state index in [-0.39, 0.29) is 11.8 Å². The van der Waals surface area contributed by atoms with Crippen LogP contribution < -0.4 is 10.6 Å². The van der Waals surface area contributed by atoms with E-state index in [2.05, 4.69) is 10.6 Å². The Hall–Kier alpha value is -1.98. The molecule has 2 rings (SSSR count). The Morgan fingerprint density at radius 1 is 1.00 bits per heavy atom. The minimum atomic E-state index is -0.126. The molecule has 120 valence electrons. The van der Waals surface area contributed by atoms with E-state index >= 15 is 0 Å². The normalized spacial score (nSPS) is 10.2. The number of hydrogen-bond donors (Lipinski definition) is 2. The van der Waals surface area contributed by atoms with E-state index in [4.69, 9.17) is 11.6 Å². The van der Waals surface area contributed by atoms with Gasteiger partial charge in [-0.1, -0.05) is 23.7 Å². The van der Waals surface area contributed by atoms with Crippen LogP contribution in [0.3, 0.4) is 0 Å². The number of carbonyl (C=O) groups excluding carboxylic acids is 2. The molecule has 0 saturated carbocycles. The molecule has 0 spiro atoms. The van der Waals surface area contributed by atoms with Gasteiger partial charge >= 0.3 is 0 Å². The van der Waals surface area contributed by atoms with Crippen LogP contribution in [0.2, 0.25) is 5.02 Å². The molecule has 0 aliphatic heterocycles. The smallest absolute Gasteiger partial charge is 0.225 e. The lowest BCUT2D eigenvalue weighted by molar-refractivity contribution is -0.116. The number of amides is 2. The summed E-state index contributed by atoms with van der Waals surface area (Å²) < 4.78 is 0. The molecule has 0 heterocycles. The highest BCUT2D eigenvalue weighted by Crippen LogP contribution is 2.27. The molecule has 2 N–H and O–H groups in total. The first-order valence-electron chi connectivity index (χ1n) is 7.09. The van der Waals surface area contributed by atoms with Crippen LogP contribution in [0, 0.1) is 0 Å². The minimum Gasteiger partial charge on any atom is -0.326 e. The summed E-state index contributed by atoms with van der Waals surface area (Å²) in [6.45, 7) is 1.45. The van der Waals surface area contributed by atoms with Crippen molar-refractivity contribution in [3.63, 3.8) is 0 Å². The minimum absolute atomic E-state index is 0.0585. The highest BCUT2D eigenvalue weighted by molar-refractivity contribution is 7.99. The molecule has 6 heteroatoms. The third kappa shape index (κ3) is 5.96. The number of rotatable bonds is 6. The molecule has 2 aromatic rings. The standard InChI is InChI=1S/C17H17ClN2O2S/c1-12(21)19-13-6-8-14(9-7-13)20-17(22)10-11-23-16-5-3-2-4-15(16)18/h2-9H,10-11H2,1H3,(H,19,21)(H,20,22). The van der Waals surface area contributed by atoms with Crippen LogP contribution in [0.1, 0.15) is 13.3 Å².